The smallest absolute Gasteiger partial charge is 0.225 e. The van der Waals surface area contributed by atoms with Gasteiger partial charge in [0.25, 0.3) is 0 Å². The zero-order chi connectivity index (χ0) is 18.1. The molecular weight excluding hydrogens is 324 g/mol. The van der Waals surface area contributed by atoms with Crippen molar-refractivity contribution in [3.05, 3.63) is 30.2 Å². The number of rotatable bonds is 3. The maximum absolute atomic E-state index is 12.8. The van der Waals surface area contributed by atoms with E-state index in [1.165, 1.54) is 19.3 Å². The number of hydrogen-bond acceptors (Lipinski definition) is 3. The molecule has 1 saturated heterocycles. The van der Waals surface area contributed by atoms with Gasteiger partial charge in [-0.1, -0.05) is 19.3 Å². The third-order valence-electron chi connectivity index (χ3n) is 6.12. The quantitative estimate of drug-likeness (QED) is 0.844. The van der Waals surface area contributed by atoms with Gasteiger partial charge in [-0.05, 0) is 37.8 Å². The van der Waals surface area contributed by atoms with Gasteiger partial charge in [-0.3, -0.25) is 4.79 Å². The zero-order valence-electron chi connectivity index (χ0n) is 16.0. The van der Waals surface area contributed by atoms with Gasteiger partial charge in [0, 0.05) is 51.4 Å². The van der Waals surface area contributed by atoms with Crippen LogP contribution in [0.15, 0.2) is 24.5 Å². The van der Waals surface area contributed by atoms with Crippen LogP contribution in [-0.2, 0) is 4.79 Å². The summed E-state index contributed by atoms with van der Waals surface area (Å²) in [6, 6.07) is 4.18. The molecule has 0 spiro atoms. The lowest BCUT2D eigenvalue weighted by Crippen LogP contribution is -2.42. The molecule has 1 amide bonds. The van der Waals surface area contributed by atoms with Crippen molar-refractivity contribution in [2.45, 2.75) is 50.9 Å². The van der Waals surface area contributed by atoms with E-state index in [1.807, 2.05) is 14.1 Å². The fourth-order valence-corrected chi connectivity index (χ4v) is 4.58. The number of carbonyl (C=O) groups excluding carboxylic acids is 1. The van der Waals surface area contributed by atoms with E-state index in [-0.39, 0.29) is 5.92 Å². The predicted molar refractivity (Wildman–Crippen MR) is 105 cm³/mol. The lowest BCUT2D eigenvalue weighted by atomic mass is 9.87. The van der Waals surface area contributed by atoms with E-state index in [1.54, 1.807) is 0 Å². The summed E-state index contributed by atoms with van der Waals surface area (Å²) >= 11 is 0. The molecule has 2 aromatic heterocycles. The van der Waals surface area contributed by atoms with E-state index >= 15 is 0 Å². The number of amides is 1. The van der Waals surface area contributed by atoms with E-state index in [0.29, 0.717) is 11.8 Å². The van der Waals surface area contributed by atoms with Crippen LogP contribution in [0.25, 0.3) is 5.52 Å². The number of fused-ring (bicyclic) bond motifs is 1. The highest BCUT2D eigenvalue weighted by Gasteiger charge is 2.30. The fourth-order valence-electron chi connectivity index (χ4n) is 4.58. The molecule has 2 aliphatic rings. The van der Waals surface area contributed by atoms with Crippen LogP contribution >= 0.6 is 0 Å². The Morgan fingerprint density at radius 1 is 1.12 bits per heavy atom. The third-order valence-corrected chi connectivity index (χ3v) is 6.12. The average molecular weight is 354 g/mol. The number of hydrogen-bond donors (Lipinski definition) is 0. The average Bonchev–Trinajstić information content (AvgIpc) is 3.16. The first-order valence-corrected chi connectivity index (χ1v) is 10.1. The van der Waals surface area contributed by atoms with Crippen LogP contribution in [0.3, 0.4) is 0 Å². The topological polar surface area (TPSA) is 40.9 Å². The Morgan fingerprint density at radius 2 is 1.85 bits per heavy atom. The molecule has 0 unspecified atom stereocenters. The number of anilines is 1. The SMILES string of the molecule is CN(C)c1nc(C2CCN(C(=O)C3CCCCC3)CC2)cn2cccc12. The molecule has 26 heavy (non-hydrogen) atoms. The summed E-state index contributed by atoms with van der Waals surface area (Å²) < 4.78 is 2.18. The molecule has 3 heterocycles. The Morgan fingerprint density at radius 3 is 2.54 bits per heavy atom. The second-order valence-electron chi connectivity index (χ2n) is 8.12. The molecule has 1 aliphatic carbocycles. The Hall–Kier alpha value is -2.04. The Bertz CT molecular complexity index is 767. The van der Waals surface area contributed by atoms with E-state index in [4.69, 9.17) is 4.98 Å². The van der Waals surface area contributed by atoms with Crippen LogP contribution in [0, 0.1) is 5.92 Å². The molecule has 4 rings (SSSR count). The maximum Gasteiger partial charge on any atom is 0.225 e. The van der Waals surface area contributed by atoms with Crippen LogP contribution in [-0.4, -0.2) is 47.4 Å². The van der Waals surface area contributed by atoms with Crippen molar-refractivity contribution >= 4 is 17.2 Å². The highest BCUT2D eigenvalue weighted by atomic mass is 16.2. The molecular formula is C21H30N4O. The lowest BCUT2D eigenvalue weighted by molar-refractivity contribution is -0.137. The van der Waals surface area contributed by atoms with Gasteiger partial charge >= 0.3 is 0 Å². The number of carbonyl (C=O) groups is 1. The van der Waals surface area contributed by atoms with Gasteiger partial charge in [-0.25, -0.2) is 4.98 Å². The molecule has 0 radical (unpaired) electrons. The summed E-state index contributed by atoms with van der Waals surface area (Å²) in [7, 11) is 4.09. The summed E-state index contributed by atoms with van der Waals surface area (Å²) in [6.45, 7) is 1.76. The van der Waals surface area contributed by atoms with Crippen LogP contribution in [0.1, 0.15) is 56.6 Å². The second-order valence-corrected chi connectivity index (χ2v) is 8.12. The minimum Gasteiger partial charge on any atom is -0.361 e. The van der Waals surface area contributed by atoms with Gasteiger partial charge in [0.1, 0.15) is 0 Å². The van der Waals surface area contributed by atoms with E-state index < -0.39 is 0 Å². The molecule has 0 atom stereocenters. The Labute approximate surface area is 156 Å². The molecule has 2 aromatic rings. The van der Waals surface area contributed by atoms with Gasteiger partial charge in [-0.2, -0.15) is 0 Å². The minimum atomic E-state index is 0.287. The molecule has 2 fully saturated rings. The van der Waals surface area contributed by atoms with E-state index in [2.05, 4.69) is 38.7 Å². The predicted octanol–water partition coefficient (Wildman–Crippen LogP) is 3.69. The molecule has 5 nitrogen and oxygen atoms in total. The van der Waals surface area contributed by atoms with E-state index in [9.17, 15) is 4.79 Å². The maximum atomic E-state index is 12.8. The molecule has 1 saturated carbocycles. The molecule has 0 N–H and O–H groups in total. The monoisotopic (exact) mass is 354 g/mol. The largest absolute Gasteiger partial charge is 0.361 e. The first kappa shape index (κ1) is 17.4. The molecule has 5 heteroatoms. The Balaban J connectivity index is 1.46. The van der Waals surface area contributed by atoms with Crippen LogP contribution in [0.4, 0.5) is 5.82 Å². The molecule has 1 aliphatic heterocycles. The summed E-state index contributed by atoms with van der Waals surface area (Å²) in [5, 5.41) is 0. The van der Waals surface area contributed by atoms with Crippen LogP contribution in [0.5, 0.6) is 0 Å². The first-order valence-electron chi connectivity index (χ1n) is 10.1. The van der Waals surface area contributed by atoms with Gasteiger partial charge in [0.05, 0.1) is 11.2 Å². The van der Waals surface area contributed by atoms with Crippen molar-refractivity contribution in [2.75, 3.05) is 32.1 Å². The summed E-state index contributed by atoms with van der Waals surface area (Å²) in [6.07, 6.45) is 12.2. The number of likely N-dealkylation sites (tertiary alicyclic amines) is 1. The van der Waals surface area contributed by atoms with Gasteiger partial charge in [-0.15, -0.1) is 0 Å². The molecule has 0 aromatic carbocycles. The van der Waals surface area contributed by atoms with Crippen molar-refractivity contribution in [3.63, 3.8) is 0 Å². The van der Waals surface area contributed by atoms with Crippen molar-refractivity contribution in [2.24, 2.45) is 5.92 Å². The van der Waals surface area contributed by atoms with Gasteiger partial charge < -0.3 is 14.2 Å². The number of aromatic nitrogens is 2. The second kappa shape index (κ2) is 7.29. The highest BCUT2D eigenvalue weighted by Crippen LogP contribution is 2.32. The first-order chi connectivity index (χ1) is 12.6. The summed E-state index contributed by atoms with van der Waals surface area (Å²) in [5.74, 6) is 2.16. The lowest BCUT2D eigenvalue weighted by Gasteiger charge is -2.35. The van der Waals surface area contributed by atoms with Crippen LogP contribution < -0.4 is 4.90 Å². The van der Waals surface area contributed by atoms with Crippen molar-refractivity contribution in [1.82, 2.24) is 14.3 Å². The normalized spacial score (nSPS) is 19.8. The number of piperidine rings is 1. The van der Waals surface area contributed by atoms with E-state index in [0.717, 1.165) is 55.8 Å². The Kier molecular flexibility index (Phi) is 4.88. The number of nitrogens with zero attached hydrogens (tertiary/aromatic N) is 4. The van der Waals surface area contributed by atoms with Gasteiger partial charge in [0.15, 0.2) is 5.82 Å². The van der Waals surface area contributed by atoms with Crippen LogP contribution in [0.2, 0.25) is 0 Å². The standard InChI is InChI=1S/C21H30N4O/c1-23(2)20-19-9-6-12-25(19)15-18(22-20)16-10-13-24(14-11-16)21(26)17-7-4-3-5-8-17/h6,9,12,15-17H,3-5,7-8,10-11,13-14H2,1-2H3. The zero-order valence-corrected chi connectivity index (χ0v) is 16.0. The summed E-state index contributed by atoms with van der Waals surface area (Å²) in [5.41, 5.74) is 2.30. The van der Waals surface area contributed by atoms with Crippen molar-refractivity contribution in [1.29, 1.82) is 0 Å². The van der Waals surface area contributed by atoms with Gasteiger partial charge in [0.2, 0.25) is 5.91 Å². The van der Waals surface area contributed by atoms with Crippen molar-refractivity contribution in [3.8, 4) is 0 Å². The molecule has 140 valence electrons. The highest BCUT2D eigenvalue weighted by molar-refractivity contribution is 5.79. The summed E-state index contributed by atoms with van der Waals surface area (Å²) in [4.78, 5) is 21.9. The minimum absolute atomic E-state index is 0.287. The third kappa shape index (κ3) is 3.31. The van der Waals surface area contributed by atoms with Crippen molar-refractivity contribution < 1.29 is 4.79 Å². The fraction of sp³-hybridized carbons (Fsp3) is 0.619. The molecule has 0 bridgehead atoms.